The van der Waals surface area contributed by atoms with Crippen LogP contribution in [0.5, 0.6) is 11.5 Å². The van der Waals surface area contributed by atoms with Crippen molar-refractivity contribution in [2.45, 2.75) is 40.4 Å². The first-order chi connectivity index (χ1) is 6.58. The van der Waals surface area contributed by atoms with E-state index in [0.717, 1.165) is 17.1 Å². The summed E-state index contributed by atoms with van der Waals surface area (Å²) in [5.74, 6) is 1.22. The van der Waals surface area contributed by atoms with Crippen molar-refractivity contribution in [1.29, 1.82) is 0 Å². The molecule has 2 rings (SSSR count). The molecule has 1 aromatic rings. The van der Waals surface area contributed by atoms with Gasteiger partial charge in [0.05, 0.1) is 0 Å². The maximum absolute atomic E-state index is 5.60. The van der Waals surface area contributed by atoms with Crippen LogP contribution in [0, 0.1) is 6.92 Å². The van der Waals surface area contributed by atoms with Crippen LogP contribution in [0.2, 0.25) is 0 Å². The third-order valence-corrected chi connectivity index (χ3v) is 1.88. The Morgan fingerprint density at radius 1 is 1.07 bits per heavy atom. The van der Waals surface area contributed by atoms with Gasteiger partial charge in [0, 0.05) is 13.8 Å². The van der Waals surface area contributed by atoms with E-state index >= 15 is 0 Å². The molecule has 0 aliphatic carbocycles. The first kappa shape index (κ1) is 10.9. The second kappa shape index (κ2) is 3.91. The molecule has 1 aromatic carbocycles. The Morgan fingerprint density at radius 3 is 2.29 bits per heavy atom. The zero-order valence-corrected chi connectivity index (χ0v) is 9.55. The van der Waals surface area contributed by atoms with E-state index in [1.165, 1.54) is 0 Å². The van der Waals surface area contributed by atoms with Gasteiger partial charge in [-0.1, -0.05) is 26.0 Å². The molecular formula is C12H18O2. The number of benzene rings is 1. The van der Waals surface area contributed by atoms with Gasteiger partial charge in [0.25, 0.3) is 0 Å². The van der Waals surface area contributed by atoms with Crippen LogP contribution in [0.1, 0.15) is 33.3 Å². The number of hydrogen-bond donors (Lipinski definition) is 0. The van der Waals surface area contributed by atoms with Gasteiger partial charge in [0.15, 0.2) is 11.5 Å². The third-order valence-electron chi connectivity index (χ3n) is 1.88. The van der Waals surface area contributed by atoms with Gasteiger partial charge in [-0.05, 0) is 18.6 Å². The Morgan fingerprint density at radius 2 is 1.71 bits per heavy atom. The Labute approximate surface area is 85.8 Å². The van der Waals surface area contributed by atoms with Crippen molar-refractivity contribution in [3.63, 3.8) is 0 Å². The molecule has 1 aliphatic rings. The Bertz CT molecular complexity index is 316. The monoisotopic (exact) mass is 194 g/mol. The van der Waals surface area contributed by atoms with Gasteiger partial charge in [-0.2, -0.15) is 0 Å². The van der Waals surface area contributed by atoms with Crippen molar-refractivity contribution in [2.75, 3.05) is 0 Å². The van der Waals surface area contributed by atoms with Crippen molar-refractivity contribution >= 4 is 0 Å². The summed E-state index contributed by atoms with van der Waals surface area (Å²) >= 11 is 0. The van der Waals surface area contributed by atoms with Gasteiger partial charge in [0.2, 0.25) is 5.79 Å². The molecule has 0 saturated carbocycles. The van der Waals surface area contributed by atoms with E-state index in [1.54, 1.807) is 0 Å². The fraction of sp³-hybridized carbons (Fsp3) is 0.500. The lowest BCUT2D eigenvalue weighted by Gasteiger charge is -2.16. The molecule has 0 fully saturated rings. The molecule has 0 amide bonds. The summed E-state index contributed by atoms with van der Waals surface area (Å²) < 4.78 is 11.2. The van der Waals surface area contributed by atoms with E-state index in [9.17, 15) is 0 Å². The van der Waals surface area contributed by atoms with Gasteiger partial charge >= 0.3 is 0 Å². The SMILES string of the molecule is CC.Cc1cccc2c1OC(C)(C)O2. The second-order valence-electron chi connectivity index (χ2n) is 3.51. The number of aryl methyl sites for hydroxylation is 1. The highest BCUT2D eigenvalue weighted by atomic mass is 16.7. The molecule has 14 heavy (non-hydrogen) atoms. The second-order valence-corrected chi connectivity index (χ2v) is 3.51. The van der Waals surface area contributed by atoms with Crippen LogP contribution < -0.4 is 9.47 Å². The maximum Gasteiger partial charge on any atom is 0.246 e. The summed E-state index contributed by atoms with van der Waals surface area (Å²) in [6.45, 7) is 9.84. The van der Waals surface area contributed by atoms with Crippen LogP contribution in [0.4, 0.5) is 0 Å². The summed E-state index contributed by atoms with van der Waals surface area (Å²) in [5.41, 5.74) is 1.12. The molecule has 1 heterocycles. The van der Waals surface area contributed by atoms with E-state index in [4.69, 9.17) is 9.47 Å². The summed E-state index contributed by atoms with van der Waals surface area (Å²) in [6.07, 6.45) is 0. The smallest absolute Gasteiger partial charge is 0.246 e. The van der Waals surface area contributed by atoms with Gasteiger partial charge in [-0.25, -0.2) is 0 Å². The lowest BCUT2D eigenvalue weighted by molar-refractivity contribution is -0.0434. The van der Waals surface area contributed by atoms with Crippen molar-refractivity contribution < 1.29 is 9.47 Å². The predicted molar refractivity (Wildman–Crippen MR) is 57.9 cm³/mol. The van der Waals surface area contributed by atoms with E-state index in [-0.39, 0.29) is 0 Å². The van der Waals surface area contributed by atoms with Crippen molar-refractivity contribution in [1.82, 2.24) is 0 Å². The van der Waals surface area contributed by atoms with Crippen molar-refractivity contribution in [3.8, 4) is 11.5 Å². The minimum atomic E-state index is -0.506. The molecule has 0 spiro atoms. The van der Waals surface area contributed by atoms with Crippen LogP contribution in [0.15, 0.2) is 18.2 Å². The summed E-state index contributed by atoms with van der Waals surface area (Å²) in [5, 5.41) is 0. The highest BCUT2D eigenvalue weighted by Gasteiger charge is 2.32. The van der Waals surface area contributed by atoms with E-state index < -0.39 is 5.79 Å². The topological polar surface area (TPSA) is 18.5 Å². The maximum atomic E-state index is 5.60. The zero-order valence-electron chi connectivity index (χ0n) is 9.55. The lowest BCUT2D eigenvalue weighted by atomic mass is 10.2. The highest BCUT2D eigenvalue weighted by Crippen LogP contribution is 2.40. The Hall–Kier alpha value is -1.18. The average molecular weight is 194 g/mol. The fourth-order valence-electron chi connectivity index (χ4n) is 1.37. The summed E-state index contributed by atoms with van der Waals surface area (Å²) in [6, 6.07) is 5.92. The Kier molecular flexibility index (Phi) is 3.04. The molecule has 0 bridgehead atoms. The highest BCUT2D eigenvalue weighted by molar-refractivity contribution is 5.48. The van der Waals surface area contributed by atoms with Gasteiger partial charge in [0.1, 0.15) is 0 Å². The molecule has 0 aromatic heterocycles. The van der Waals surface area contributed by atoms with Gasteiger partial charge in [-0.15, -0.1) is 0 Å². The van der Waals surface area contributed by atoms with E-state index in [1.807, 2.05) is 52.8 Å². The molecule has 0 unspecified atom stereocenters. The molecule has 0 radical (unpaired) electrons. The van der Waals surface area contributed by atoms with E-state index in [2.05, 4.69) is 0 Å². The van der Waals surface area contributed by atoms with Crippen molar-refractivity contribution in [2.24, 2.45) is 0 Å². The molecule has 78 valence electrons. The molecule has 0 saturated heterocycles. The zero-order chi connectivity index (χ0) is 10.8. The van der Waals surface area contributed by atoms with Crippen LogP contribution >= 0.6 is 0 Å². The summed E-state index contributed by atoms with van der Waals surface area (Å²) in [7, 11) is 0. The van der Waals surface area contributed by atoms with Crippen LogP contribution in [-0.4, -0.2) is 5.79 Å². The summed E-state index contributed by atoms with van der Waals surface area (Å²) in [4.78, 5) is 0. The fourth-order valence-corrected chi connectivity index (χ4v) is 1.37. The van der Waals surface area contributed by atoms with Gasteiger partial charge < -0.3 is 9.47 Å². The Balaban J connectivity index is 0.000000461. The average Bonchev–Trinajstić information content (AvgIpc) is 2.45. The number of ether oxygens (including phenoxy) is 2. The third kappa shape index (κ3) is 2.00. The van der Waals surface area contributed by atoms with Gasteiger partial charge in [-0.3, -0.25) is 0 Å². The first-order valence-corrected chi connectivity index (χ1v) is 5.06. The van der Waals surface area contributed by atoms with Crippen LogP contribution in [-0.2, 0) is 0 Å². The first-order valence-electron chi connectivity index (χ1n) is 5.06. The van der Waals surface area contributed by atoms with Crippen LogP contribution in [0.3, 0.4) is 0 Å². The molecule has 0 atom stereocenters. The largest absolute Gasteiger partial charge is 0.449 e. The molecule has 2 heteroatoms. The quantitative estimate of drug-likeness (QED) is 0.629. The molecule has 0 N–H and O–H groups in total. The number of fused-ring (bicyclic) bond motifs is 1. The minimum absolute atomic E-state index is 0.506. The van der Waals surface area contributed by atoms with E-state index in [0.29, 0.717) is 0 Å². The van der Waals surface area contributed by atoms with Crippen molar-refractivity contribution in [3.05, 3.63) is 23.8 Å². The normalized spacial score (nSPS) is 15.8. The van der Waals surface area contributed by atoms with Crippen LogP contribution in [0.25, 0.3) is 0 Å². The number of rotatable bonds is 0. The molecule has 1 aliphatic heterocycles. The molecule has 2 nitrogen and oxygen atoms in total. The number of para-hydroxylation sites is 1. The number of hydrogen-bond acceptors (Lipinski definition) is 2. The standard InChI is InChI=1S/C10H12O2.C2H6/c1-7-5-4-6-8-9(7)12-10(2,3)11-8;1-2/h4-6H,1-3H3;1-2H3. The minimum Gasteiger partial charge on any atom is -0.449 e. The predicted octanol–water partition coefficient (Wildman–Crippen LogP) is 3.53. The lowest BCUT2D eigenvalue weighted by Crippen LogP contribution is -2.29. The molecular weight excluding hydrogens is 176 g/mol.